The number of carbonyl (C=O) groups is 2. The normalized spacial score (nSPS) is 13.7. The van der Waals surface area contributed by atoms with Gasteiger partial charge in [0.25, 0.3) is 0 Å². The van der Waals surface area contributed by atoms with Crippen LogP contribution < -0.4 is 10.2 Å². The molecular formula is C20H21N3O3. The average molecular weight is 351 g/mol. The summed E-state index contributed by atoms with van der Waals surface area (Å²) in [6.45, 7) is 0.791. The zero-order chi connectivity index (χ0) is 18.4. The van der Waals surface area contributed by atoms with Crippen molar-refractivity contribution in [1.82, 2.24) is 5.32 Å². The van der Waals surface area contributed by atoms with Gasteiger partial charge in [0.2, 0.25) is 11.8 Å². The van der Waals surface area contributed by atoms with Crippen molar-refractivity contribution in [3.63, 3.8) is 0 Å². The van der Waals surface area contributed by atoms with Crippen molar-refractivity contribution in [3.8, 4) is 0 Å². The van der Waals surface area contributed by atoms with Crippen LogP contribution in [0.3, 0.4) is 0 Å². The minimum absolute atomic E-state index is 0.0445. The number of aliphatic imine (C=N–C) groups is 1. The van der Waals surface area contributed by atoms with E-state index in [2.05, 4.69) is 5.32 Å². The highest BCUT2D eigenvalue weighted by Crippen LogP contribution is 2.32. The molecule has 0 aromatic heterocycles. The number of nitrogens with zero attached hydrogens (tertiary/aromatic N) is 2. The van der Waals surface area contributed by atoms with Gasteiger partial charge < -0.3 is 15.0 Å². The second-order valence-electron chi connectivity index (χ2n) is 5.91. The highest BCUT2D eigenvalue weighted by molar-refractivity contribution is 6.18. The van der Waals surface area contributed by atoms with E-state index in [4.69, 9.17) is 9.73 Å². The van der Waals surface area contributed by atoms with Gasteiger partial charge in [-0.15, -0.1) is 0 Å². The Hall–Kier alpha value is -2.99. The number of amides is 2. The van der Waals surface area contributed by atoms with Gasteiger partial charge in [0.05, 0.1) is 30.1 Å². The third-order valence-electron chi connectivity index (χ3n) is 4.08. The van der Waals surface area contributed by atoms with Crippen LogP contribution in [0.1, 0.15) is 12.0 Å². The smallest absolute Gasteiger partial charge is 0.240 e. The molecule has 2 amide bonds. The zero-order valence-corrected chi connectivity index (χ0v) is 14.6. The molecule has 0 saturated heterocycles. The molecule has 26 heavy (non-hydrogen) atoms. The minimum atomic E-state index is -0.228. The van der Waals surface area contributed by atoms with Gasteiger partial charge in [-0.3, -0.25) is 14.6 Å². The Morgan fingerprint density at radius 3 is 2.65 bits per heavy atom. The highest BCUT2D eigenvalue weighted by Gasteiger charge is 2.26. The van der Waals surface area contributed by atoms with Crippen LogP contribution in [0.2, 0.25) is 0 Å². The van der Waals surface area contributed by atoms with Crippen LogP contribution in [0.25, 0.3) is 0 Å². The molecule has 2 aromatic carbocycles. The molecule has 0 spiro atoms. The maximum absolute atomic E-state index is 12.9. The molecule has 1 heterocycles. The first kappa shape index (κ1) is 17.8. The predicted octanol–water partition coefficient (Wildman–Crippen LogP) is 2.31. The molecule has 6 heteroatoms. The molecule has 0 saturated carbocycles. The van der Waals surface area contributed by atoms with Gasteiger partial charge >= 0.3 is 0 Å². The summed E-state index contributed by atoms with van der Waals surface area (Å²) in [5, 5.41) is 2.75. The van der Waals surface area contributed by atoms with E-state index in [1.807, 2.05) is 54.6 Å². The van der Waals surface area contributed by atoms with E-state index in [1.54, 1.807) is 7.11 Å². The molecule has 0 bridgehead atoms. The van der Waals surface area contributed by atoms with E-state index in [9.17, 15) is 9.59 Å². The quantitative estimate of drug-likeness (QED) is 0.812. The van der Waals surface area contributed by atoms with E-state index in [0.717, 1.165) is 5.56 Å². The van der Waals surface area contributed by atoms with Crippen LogP contribution in [0.15, 0.2) is 59.6 Å². The monoisotopic (exact) mass is 351 g/mol. The van der Waals surface area contributed by atoms with Crippen molar-refractivity contribution in [3.05, 3.63) is 60.2 Å². The van der Waals surface area contributed by atoms with Gasteiger partial charge in [0.1, 0.15) is 6.54 Å². The Bertz CT molecular complexity index is 818. The average Bonchev–Trinajstić information content (AvgIpc) is 2.80. The minimum Gasteiger partial charge on any atom is -0.383 e. The van der Waals surface area contributed by atoms with Gasteiger partial charge in [-0.05, 0) is 17.7 Å². The number of methoxy groups -OCH3 is 1. The summed E-state index contributed by atoms with van der Waals surface area (Å²) in [6.07, 6.45) is 0.143. The van der Waals surface area contributed by atoms with Gasteiger partial charge in [-0.2, -0.15) is 0 Å². The summed E-state index contributed by atoms with van der Waals surface area (Å²) in [4.78, 5) is 31.3. The molecule has 0 radical (unpaired) electrons. The number of nitrogens with one attached hydrogen (secondary N) is 1. The van der Waals surface area contributed by atoms with Crippen molar-refractivity contribution < 1.29 is 14.3 Å². The first-order valence-electron chi connectivity index (χ1n) is 8.47. The fourth-order valence-electron chi connectivity index (χ4n) is 2.81. The van der Waals surface area contributed by atoms with E-state index >= 15 is 0 Å². The summed E-state index contributed by atoms with van der Waals surface area (Å²) < 4.78 is 4.93. The van der Waals surface area contributed by atoms with Crippen LogP contribution >= 0.6 is 0 Å². The first-order chi connectivity index (χ1) is 12.7. The summed E-state index contributed by atoms with van der Waals surface area (Å²) in [6, 6.07) is 17.0. The van der Waals surface area contributed by atoms with Crippen LogP contribution in [0.5, 0.6) is 0 Å². The standard InChI is InChI=1S/C20H21N3O3/c1-26-12-11-21-19(24)14-23-18-10-6-5-9-16(18)22-17(13-20(23)25)15-7-3-2-4-8-15/h2-10H,11-14H2,1H3,(H,21,24). The Morgan fingerprint density at radius 1 is 1.15 bits per heavy atom. The second kappa shape index (κ2) is 8.40. The number of fused-ring (bicyclic) bond motifs is 1. The Morgan fingerprint density at radius 2 is 1.88 bits per heavy atom. The number of hydrogen-bond acceptors (Lipinski definition) is 4. The summed E-state index contributed by atoms with van der Waals surface area (Å²) in [7, 11) is 1.57. The lowest BCUT2D eigenvalue weighted by atomic mass is 10.1. The number of hydrogen-bond donors (Lipinski definition) is 1. The fraction of sp³-hybridized carbons (Fsp3) is 0.250. The summed E-state index contributed by atoms with van der Waals surface area (Å²) in [5.41, 5.74) is 2.93. The molecule has 1 aliphatic heterocycles. The van der Waals surface area contributed by atoms with Gasteiger partial charge in [0, 0.05) is 13.7 Å². The third-order valence-corrected chi connectivity index (χ3v) is 4.08. The number of anilines is 1. The number of ether oxygens (including phenoxy) is 1. The molecule has 1 aliphatic rings. The zero-order valence-electron chi connectivity index (χ0n) is 14.6. The van der Waals surface area contributed by atoms with Gasteiger partial charge in [-0.25, -0.2) is 0 Å². The molecule has 3 rings (SSSR count). The second-order valence-corrected chi connectivity index (χ2v) is 5.91. The van der Waals surface area contributed by atoms with Crippen molar-refractivity contribution in [2.75, 3.05) is 31.7 Å². The maximum atomic E-state index is 12.9. The number of rotatable bonds is 6. The maximum Gasteiger partial charge on any atom is 0.240 e. The topological polar surface area (TPSA) is 71.0 Å². The Balaban J connectivity index is 1.87. The first-order valence-corrected chi connectivity index (χ1v) is 8.47. The third kappa shape index (κ3) is 4.15. The van der Waals surface area contributed by atoms with E-state index < -0.39 is 0 Å². The van der Waals surface area contributed by atoms with Crippen LogP contribution in [-0.2, 0) is 14.3 Å². The molecule has 2 aromatic rings. The lowest BCUT2D eigenvalue weighted by molar-refractivity contribution is -0.123. The Labute approximate surface area is 152 Å². The van der Waals surface area contributed by atoms with Crippen molar-refractivity contribution in [2.24, 2.45) is 4.99 Å². The van der Waals surface area contributed by atoms with Crippen molar-refractivity contribution in [1.29, 1.82) is 0 Å². The molecule has 0 fully saturated rings. The Kier molecular flexibility index (Phi) is 5.76. The molecule has 0 aliphatic carbocycles. The SMILES string of the molecule is COCCNC(=O)CN1C(=O)CC(c2ccccc2)=Nc2ccccc21. The van der Waals surface area contributed by atoms with E-state index in [1.165, 1.54) is 4.90 Å². The molecular weight excluding hydrogens is 330 g/mol. The molecule has 1 N–H and O–H groups in total. The number of carbonyl (C=O) groups excluding carboxylic acids is 2. The van der Waals surface area contributed by atoms with E-state index in [-0.39, 0.29) is 24.8 Å². The van der Waals surface area contributed by atoms with Crippen molar-refractivity contribution >= 4 is 28.9 Å². The van der Waals surface area contributed by atoms with Crippen LogP contribution in [0.4, 0.5) is 11.4 Å². The van der Waals surface area contributed by atoms with Crippen molar-refractivity contribution in [2.45, 2.75) is 6.42 Å². The number of para-hydroxylation sites is 2. The highest BCUT2D eigenvalue weighted by atomic mass is 16.5. The van der Waals surface area contributed by atoms with Crippen LogP contribution in [-0.4, -0.2) is 44.3 Å². The molecule has 0 unspecified atom stereocenters. The summed E-state index contributed by atoms with van der Waals surface area (Å²) in [5.74, 6) is -0.382. The lowest BCUT2D eigenvalue weighted by Crippen LogP contribution is -2.41. The summed E-state index contributed by atoms with van der Waals surface area (Å²) >= 11 is 0. The molecule has 6 nitrogen and oxygen atoms in total. The van der Waals surface area contributed by atoms with Gasteiger partial charge in [0.15, 0.2) is 0 Å². The van der Waals surface area contributed by atoms with E-state index in [0.29, 0.717) is 30.2 Å². The lowest BCUT2D eigenvalue weighted by Gasteiger charge is -2.21. The predicted molar refractivity (Wildman–Crippen MR) is 101 cm³/mol. The largest absolute Gasteiger partial charge is 0.383 e. The van der Waals surface area contributed by atoms with Gasteiger partial charge in [-0.1, -0.05) is 42.5 Å². The fourth-order valence-corrected chi connectivity index (χ4v) is 2.81. The molecule has 0 atom stereocenters. The van der Waals surface area contributed by atoms with Crippen LogP contribution in [0, 0.1) is 0 Å². The number of benzene rings is 2. The molecule has 134 valence electrons.